The highest BCUT2D eigenvalue weighted by Crippen LogP contribution is 2.10. The van der Waals surface area contributed by atoms with Crippen LogP contribution in [0.4, 0.5) is 4.39 Å². The van der Waals surface area contributed by atoms with Crippen LogP contribution in [0, 0.1) is 11.7 Å². The van der Waals surface area contributed by atoms with Crippen LogP contribution in [-0.4, -0.2) is 24.2 Å². The van der Waals surface area contributed by atoms with Gasteiger partial charge in [-0.15, -0.1) is 0 Å². The molecule has 4 N–H and O–H groups in total. The fraction of sp³-hybridized carbons (Fsp3) is 0.417. The number of benzene rings is 1. The number of nitrogens with one attached hydrogen (secondary N) is 1. The third kappa shape index (κ3) is 4.13. The van der Waals surface area contributed by atoms with Crippen molar-refractivity contribution in [2.24, 2.45) is 11.7 Å². The van der Waals surface area contributed by atoms with Crippen LogP contribution in [0.3, 0.4) is 0 Å². The first-order valence-corrected chi connectivity index (χ1v) is 5.44. The van der Waals surface area contributed by atoms with E-state index in [-0.39, 0.29) is 18.1 Å². The standard InChI is InChI=1S/C12H17FN2O2/c1-8(7-16)5-15-6-10-3-2-9(12(14)17)4-11(10)13/h2-4,8,15-16H,5-7H2,1H3,(H2,14,17). The lowest BCUT2D eigenvalue weighted by Gasteiger charge is -2.10. The smallest absolute Gasteiger partial charge is 0.248 e. The first kappa shape index (κ1) is 13.6. The lowest BCUT2D eigenvalue weighted by atomic mass is 10.1. The fourth-order valence-electron chi connectivity index (χ4n) is 1.36. The van der Waals surface area contributed by atoms with E-state index >= 15 is 0 Å². The lowest BCUT2D eigenvalue weighted by Crippen LogP contribution is -2.23. The van der Waals surface area contributed by atoms with Crippen LogP contribution in [0.15, 0.2) is 18.2 Å². The van der Waals surface area contributed by atoms with Crippen molar-refractivity contribution in [3.05, 3.63) is 35.1 Å². The zero-order valence-corrected chi connectivity index (χ0v) is 9.74. The molecule has 0 radical (unpaired) electrons. The number of carbonyl (C=O) groups excluding carboxylic acids is 1. The van der Waals surface area contributed by atoms with E-state index in [2.05, 4.69) is 5.32 Å². The summed E-state index contributed by atoms with van der Waals surface area (Å²) < 4.78 is 13.5. The van der Waals surface area contributed by atoms with Crippen molar-refractivity contribution < 1.29 is 14.3 Å². The molecule has 1 aromatic carbocycles. The molecular weight excluding hydrogens is 223 g/mol. The predicted octanol–water partition coefficient (Wildman–Crippen LogP) is 0.643. The number of aliphatic hydroxyl groups is 1. The molecule has 5 heteroatoms. The number of hydrogen-bond donors (Lipinski definition) is 3. The van der Waals surface area contributed by atoms with Gasteiger partial charge < -0.3 is 16.2 Å². The van der Waals surface area contributed by atoms with Gasteiger partial charge in [-0.25, -0.2) is 4.39 Å². The fourth-order valence-corrected chi connectivity index (χ4v) is 1.36. The summed E-state index contributed by atoms with van der Waals surface area (Å²) in [4.78, 5) is 10.8. The molecule has 1 atom stereocenters. The highest BCUT2D eigenvalue weighted by molar-refractivity contribution is 5.92. The molecule has 1 amide bonds. The molecule has 0 aliphatic rings. The van der Waals surface area contributed by atoms with Crippen LogP contribution in [0.2, 0.25) is 0 Å². The molecule has 0 saturated heterocycles. The van der Waals surface area contributed by atoms with Gasteiger partial charge in [0.2, 0.25) is 5.91 Å². The Bertz CT molecular complexity index is 396. The molecule has 0 fully saturated rings. The number of nitrogens with two attached hydrogens (primary N) is 1. The van der Waals surface area contributed by atoms with Crippen molar-refractivity contribution in [1.29, 1.82) is 0 Å². The Hall–Kier alpha value is -1.46. The van der Waals surface area contributed by atoms with E-state index in [9.17, 15) is 9.18 Å². The monoisotopic (exact) mass is 240 g/mol. The largest absolute Gasteiger partial charge is 0.396 e. The summed E-state index contributed by atoms with van der Waals surface area (Å²) in [6.07, 6.45) is 0. The van der Waals surface area contributed by atoms with Gasteiger partial charge in [0.05, 0.1) is 0 Å². The Morgan fingerprint density at radius 3 is 2.82 bits per heavy atom. The van der Waals surface area contributed by atoms with Crippen molar-refractivity contribution in [3.8, 4) is 0 Å². The van der Waals surface area contributed by atoms with Crippen molar-refractivity contribution in [3.63, 3.8) is 0 Å². The normalized spacial score (nSPS) is 12.4. The highest BCUT2D eigenvalue weighted by Gasteiger charge is 2.07. The van der Waals surface area contributed by atoms with Crippen molar-refractivity contribution in [2.45, 2.75) is 13.5 Å². The SMILES string of the molecule is CC(CO)CNCc1ccc(C(N)=O)cc1F. The van der Waals surface area contributed by atoms with Gasteiger partial charge in [0.25, 0.3) is 0 Å². The zero-order chi connectivity index (χ0) is 12.8. The van der Waals surface area contributed by atoms with Crippen LogP contribution in [0.1, 0.15) is 22.8 Å². The summed E-state index contributed by atoms with van der Waals surface area (Å²) in [5, 5.41) is 11.8. The summed E-state index contributed by atoms with van der Waals surface area (Å²) in [7, 11) is 0. The van der Waals surface area contributed by atoms with Gasteiger partial charge in [-0.3, -0.25) is 4.79 Å². The maximum absolute atomic E-state index is 13.5. The van der Waals surface area contributed by atoms with E-state index in [0.29, 0.717) is 18.7 Å². The summed E-state index contributed by atoms with van der Waals surface area (Å²) >= 11 is 0. The second-order valence-electron chi connectivity index (χ2n) is 4.09. The van der Waals surface area contributed by atoms with Gasteiger partial charge in [0.1, 0.15) is 5.82 Å². The number of rotatable bonds is 6. The van der Waals surface area contributed by atoms with Gasteiger partial charge in [-0.2, -0.15) is 0 Å². The molecule has 17 heavy (non-hydrogen) atoms. The average molecular weight is 240 g/mol. The lowest BCUT2D eigenvalue weighted by molar-refractivity contribution is 0.1000. The predicted molar refractivity (Wildman–Crippen MR) is 62.9 cm³/mol. The number of carbonyl (C=O) groups is 1. The maximum atomic E-state index is 13.5. The van der Waals surface area contributed by atoms with Gasteiger partial charge in [-0.1, -0.05) is 13.0 Å². The van der Waals surface area contributed by atoms with Crippen LogP contribution in [0.5, 0.6) is 0 Å². The molecule has 0 bridgehead atoms. The minimum atomic E-state index is -0.641. The Morgan fingerprint density at radius 1 is 1.59 bits per heavy atom. The molecule has 1 aromatic rings. The van der Waals surface area contributed by atoms with Crippen LogP contribution < -0.4 is 11.1 Å². The molecule has 1 rings (SSSR count). The number of hydrogen-bond acceptors (Lipinski definition) is 3. The molecule has 0 aliphatic heterocycles. The quantitative estimate of drug-likeness (QED) is 0.683. The summed E-state index contributed by atoms with van der Waals surface area (Å²) in [6, 6.07) is 4.17. The Morgan fingerprint density at radius 2 is 2.29 bits per heavy atom. The van der Waals surface area contributed by atoms with E-state index in [1.54, 1.807) is 0 Å². The van der Waals surface area contributed by atoms with Crippen molar-refractivity contribution in [2.75, 3.05) is 13.2 Å². The molecule has 0 saturated carbocycles. The molecule has 0 aliphatic carbocycles. The summed E-state index contributed by atoms with van der Waals surface area (Å²) in [5.41, 5.74) is 5.68. The van der Waals surface area contributed by atoms with E-state index in [1.807, 2.05) is 6.92 Å². The van der Waals surface area contributed by atoms with E-state index < -0.39 is 11.7 Å². The minimum Gasteiger partial charge on any atom is -0.396 e. The topological polar surface area (TPSA) is 75.3 Å². The average Bonchev–Trinajstić information content (AvgIpc) is 2.30. The minimum absolute atomic E-state index is 0.0933. The van der Waals surface area contributed by atoms with Crippen molar-refractivity contribution >= 4 is 5.91 Å². The summed E-state index contributed by atoms with van der Waals surface area (Å²) in [5.74, 6) is -0.967. The molecular formula is C12H17FN2O2. The third-order valence-corrected chi connectivity index (χ3v) is 2.46. The number of aliphatic hydroxyl groups excluding tert-OH is 1. The van der Waals surface area contributed by atoms with Gasteiger partial charge in [0.15, 0.2) is 0 Å². The maximum Gasteiger partial charge on any atom is 0.248 e. The highest BCUT2D eigenvalue weighted by atomic mass is 19.1. The Balaban J connectivity index is 2.57. The van der Waals surface area contributed by atoms with Crippen LogP contribution in [-0.2, 0) is 6.54 Å². The molecule has 0 spiro atoms. The second-order valence-corrected chi connectivity index (χ2v) is 4.09. The zero-order valence-electron chi connectivity index (χ0n) is 9.74. The van der Waals surface area contributed by atoms with Crippen LogP contribution >= 0.6 is 0 Å². The van der Waals surface area contributed by atoms with Gasteiger partial charge in [-0.05, 0) is 18.1 Å². The first-order chi connectivity index (χ1) is 8.04. The number of halogens is 1. The molecule has 94 valence electrons. The molecule has 0 heterocycles. The number of amides is 1. The van der Waals surface area contributed by atoms with Crippen molar-refractivity contribution in [1.82, 2.24) is 5.32 Å². The third-order valence-electron chi connectivity index (χ3n) is 2.46. The van der Waals surface area contributed by atoms with E-state index in [4.69, 9.17) is 10.8 Å². The number of primary amides is 1. The molecule has 4 nitrogen and oxygen atoms in total. The summed E-state index contributed by atoms with van der Waals surface area (Å²) in [6.45, 7) is 2.94. The first-order valence-electron chi connectivity index (χ1n) is 5.44. The van der Waals surface area contributed by atoms with Gasteiger partial charge in [0, 0.05) is 30.8 Å². The van der Waals surface area contributed by atoms with Crippen LogP contribution in [0.25, 0.3) is 0 Å². The Kier molecular flexibility index (Phi) is 5.06. The Labute approximate surface area is 99.6 Å². The van der Waals surface area contributed by atoms with E-state index in [0.717, 1.165) is 6.07 Å². The molecule has 1 unspecified atom stereocenters. The van der Waals surface area contributed by atoms with E-state index in [1.165, 1.54) is 12.1 Å². The molecule has 0 aromatic heterocycles. The van der Waals surface area contributed by atoms with Gasteiger partial charge >= 0.3 is 0 Å². The second kappa shape index (κ2) is 6.32.